The van der Waals surface area contributed by atoms with Crippen LogP contribution in [-0.2, 0) is 10.0 Å². The molecule has 1 heterocycles. The number of nitrogens with zero attached hydrogens (tertiary/aromatic N) is 2. The van der Waals surface area contributed by atoms with Gasteiger partial charge in [0.05, 0.1) is 9.82 Å². The molecule has 0 aromatic heterocycles. The van der Waals surface area contributed by atoms with Gasteiger partial charge in [-0.15, -0.1) is 0 Å². The maximum Gasteiger partial charge on any atom is 0.327 e. The number of halogens is 1. The Bertz CT molecular complexity index is 913. The SMILES string of the molecule is O=[N+]([O-])c1c(F)cccc1NCC1CCN(S(=O)(=O)c2ccccc2)CC1. The summed E-state index contributed by atoms with van der Waals surface area (Å²) in [6, 6.07) is 12.2. The van der Waals surface area contributed by atoms with Crippen LogP contribution in [-0.4, -0.2) is 37.3 Å². The zero-order valence-electron chi connectivity index (χ0n) is 14.5. The van der Waals surface area contributed by atoms with Gasteiger partial charge in [-0.05, 0) is 43.0 Å². The normalized spacial score (nSPS) is 16.2. The van der Waals surface area contributed by atoms with Gasteiger partial charge in [-0.1, -0.05) is 24.3 Å². The molecule has 2 aromatic carbocycles. The molecule has 144 valence electrons. The number of benzene rings is 2. The average Bonchev–Trinajstić information content (AvgIpc) is 2.67. The number of nitro groups is 1. The standard InChI is InChI=1S/C18H20FN3O4S/c19-16-7-4-8-17(18(16)22(23)24)20-13-14-9-11-21(12-10-14)27(25,26)15-5-2-1-3-6-15/h1-8,14,20H,9-13H2. The lowest BCUT2D eigenvalue weighted by Gasteiger charge is -2.31. The number of nitrogens with one attached hydrogen (secondary N) is 1. The Morgan fingerprint density at radius 1 is 1.11 bits per heavy atom. The highest BCUT2D eigenvalue weighted by atomic mass is 32.2. The van der Waals surface area contributed by atoms with E-state index in [1.807, 2.05) is 0 Å². The number of hydrogen-bond donors (Lipinski definition) is 1. The van der Waals surface area contributed by atoms with Crippen LogP contribution in [0.3, 0.4) is 0 Å². The minimum absolute atomic E-state index is 0.138. The highest BCUT2D eigenvalue weighted by Gasteiger charge is 2.29. The van der Waals surface area contributed by atoms with Crippen molar-refractivity contribution < 1.29 is 17.7 Å². The minimum atomic E-state index is -3.50. The quantitative estimate of drug-likeness (QED) is 0.601. The van der Waals surface area contributed by atoms with E-state index in [-0.39, 0.29) is 16.5 Å². The van der Waals surface area contributed by atoms with Crippen molar-refractivity contribution in [3.63, 3.8) is 0 Å². The fourth-order valence-corrected chi connectivity index (χ4v) is 4.68. The third kappa shape index (κ3) is 4.25. The minimum Gasteiger partial charge on any atom is -0.379 e. The van der Waals surface area contributed by atoms with E-state index in [1.54, 1.807) is 30.3 Å². The Hall–Kier alpha value is -2.52. The lowest BCUT2D eigenvalue weighted by Crippen LogP contribution is -2.39. The van der Waals surface area contributed by atoms with Gasteiger partial charge in [0.2, 0.25) is 15.8 Å². The second kappa shape index (κ2) is 8.01. The molecule has 1 saturated heterocycles. The van der Waals surface area contributed by atoms with E-state index in [1.165, 1.54) is 16.4 Å². The van der Waals surface area contributed by atoms with E-state index in [2.05, 4.69) is 5.32 Å². The van der Waals surface area contributed by atoms with Crippen molar-refractivity contribution in [1.82, 2.24) is 4.31 Å². The van der Waals surface area contributed by atoms with Crippen molar-refractivity contribution >= 4 is 21.4 Å². The number of rotatable bonds is 6. The molecule has 0 radical (unpaired) electrons. The van der Waals surface area contributed by atoms with Gasteiger partial charge in [-0.25, -0.2) is 8.42 Å². The van der Waals surface area contributed by atoms with Gasteiger partial charge in [-0.2, -0.15) is 8.70 Å². The van der Waals surface area contributed by atoms with Gasteiger partial charge >= 0.3 is 5.69 Å². The molecule has 0 spiro atoms. The van der Waals surface area contributed by atoms with Crippen LogP contribution in [0.25, 0.3) is 0 Å². The number of piperidine rings is 1. The van der Waals surface area contributed by atoms with Crippen molar-refractivity contribution in [2.75, 3.05) is 25.0 Å². The topological polar surface area (TPSA) is 92.6 Å². The predicted octanol–water partition coefficient (Wildman–Crippen LogP) is 3.25. The third-order valence-corrected chi connectivity index (χ3v) is 6.62. The summed E-state index contributed by atoms with van der Waals surface area (Å²) in [6.45, 7) is 1.19. The molecular weight excluding hydrogens is 373 g/mol. The highest BCUT2D eigenvalue weighted by Crippen LogP contribution is 2.29. The zero-order chi connectivity index (χ0) is 19.4. The monoisotopic (exact) mass is 393 g/mol. The van der Waals surface area contributed by atoms with Crippen LogP contribution in [0.2, 0.25) is 0 Å². The Labute approximate surface area is 157 Å². The first-order valence-corrected chi connectivity index (χ1v) is 10.1. The van der Waals surface area contributed by atoms with Gasteiger partial charge in [0.1, 0.15) is 5.69 Å². The second-order valence-corrected chi connectivity index (χ2v) is 8.37. The largest absolute Gasteiger partial charge is 0.379 e. The molecule has 7 nitrogen and oxygen atoms in total. The van der Waals surface area contributed by atoms with Crippen LogP contribution in [0.15, 0.2) is 53.4 Å². The first kappa shape index (κ1) is 19.2. The van der Waals surface area contributed by atoms with Crippen molar-refractivity contribution in [2.24, 2.45) is 5.92 Å². The van der Waals surface area contributed by atoms with Crippen molar-refractivity contribution in [3.05, 3.63) is 64.5 Å². The van der Waals surface area contributed by atoms with Gasteiger partial charge in [-0.3, -0.25) is 10.1 Å². The summed E-state index contributed by atoms with van der Waals surface area (Å²) in [4.78, 5) is 10.6. The van der Waals surface area contributed by atoms with E-state index in [4.69, 9.17) is 0 Å². The number of anilines is 1. The molecule has 0 amide bonds. The van der Waals surface area contributed by atoms with E-state index < -0.39 is 26.5 Å². The first-order chi connectivity index (χ1) is 12.9. The molecule has 1 aliphatic rings. The van der Waals surface area contributed by atoms with E-state index in [0.29, 0.717) is 32.5 Å². The van der Waals surface area contributed by atoms with E-state index in [9.17, 15) is 22.9 Å². The maximum absolute atomic E-state index is 13.7. The number of para-hydroxylation sites is 1. The molecule has 0 aliphatic carbocycles. The summed E-state index contributed by atoms with van der Waals surface area (Å²) in [5.74, 6) is -0.733. The molecule has 0 unspecified atom stereocenters. The highest BCUT2D eigenvalue weighted by molar-refractivity contribution is 7.89. The fourth-order valence-electron chi connectivity index (χ4n) is 3.19. The third-order valence-electron chi connectivity index (χ3n) is 4.71. The van der Waals surface area contributed by atoms with Crippen molar-refractivity contribution in [1.29, 1.82) is 0 Å². The van der Waals surface area contributed by atoms with Crippen LogP contribution in [0.5, 0.6) is 0 Å². The molecule has 1 aliphatic heterocycles. The summed E-state index contributed by atoms with van der Waals surface area (Å²) in [5.41, 5.74) is -0.430. The van der Waals surface area contributed by atoms with Gasteiger partial charge in [0.15, 0.2) is 0 Å². The number of hydrogen-bond acceptors (Lipinski definition) is 5. The fraction of sp³-hybridized carbons (Fsp3) is 0.333. The summed E-state index contributed by atoms with van der Waals surface area (Å²) >= 11 is 0. The molecular formula is C18H20FN3O4S. The predicted molar refractivity (Wildman–Crippen MR) is 99.5 cm³/mol. The van der Waals surface area contributed by atoms with Gasteiger partial charge < -0.3 is 5.32 Å². The Balaban J connectivity index is 1.60. The van der Waals surface area contributed by atoms with Crippen LogP contribution in [0.4, 0.5) is 15.8 Å². The number of sulfonamides is 1. The summed E-state index contributed by atoms with van der Waals surface area (Å²) in [7, 11) is -3.50. The molecule has 1 N–H and O–H groups in total. The second-order valence-electron chi connectivity index (χ2n) is 6.43. The summed E-state index contributed by atoms with van der Waals surface area (Å²) in [6.07, 6.45) is 1.25. The average molecular weight is 393 g/mol. The molecule has 1 fully saturated rings. The van der Waals surface area contributed by atoms with E-state index in [0.717, 1.165) is 6.07 Å². The number of nitro benzene ring substituents is 1. The molecule has 0 atom stereocenters. The van der Waals surface area contributed by atoms with Gasteiger partial charge in [0.25, 0.3) is 0 Å². The smallest absolute Gasteiger partial charge is 0.327 e. The van der Waals surface area contributed by atoms with Crippen molar-refractivity contribution in [3.8, 4) is 0 Å². The molecule has 9 heteroatoms. The summed E-state index contributed by atoms with van der Waals surface area (Å²) in [5, 5.41) is 14.0. The Morgan fingerprint density at radius 2 is 1.78 bits per heavy atom. The summed E-state index contributed by atoms with van der Waals surface area (Å²) < 4.78 is 40.4. The zero-order valence-corrected chi connectivity index (χ0v) is 15.4. The molecule has 0 saturated carbocycles. The molecule has 2 aromatic rings. The maximum atomic E-state index is 13.7. The Kier molecular flexibility index (Phi) is 5.71. The lowest BCUT2D eigenvalue weighted by atomic mass is 9.98. The van der Waals surface area contributed by atoms with Gasteiger partial charge in [0, 0.05) is 19.6 Å². The van der Waals surface area contributed by atoms with E-state index >= 15 is 0 Å². The lowest BCUT2D eigenvalue weighted by molar-refractivity contribution is -0.386. The van der Waals surface area contributed by atoms with Crippen LogP contribution >= 0.6 is 0 Å². The molecule has 27 heavy (non-hydrogen) atoms. The molecule has 3 rings (SSSR count). The molecule has 0 bridgehead atoms. The van der Waals surface area contributed by atoms with Crippen LogP contribution in [0.1, 0.15) is 12.8 Å². The van der Waals surface area contributed by atoms with Crippen LogP contribution in [0, 0.1) is 21.8 Å². The first-order valence-electron chi connectivity index (χ1n) is 8.61. The Morgan fingerprint density at radius 3 is 2.41 bits per heavy atom. The van der Waals surface area contributed by atoms with Crippen molar-refractivity contribution in [2.45, 2.75) is 17.7 Å². The van der Waals surface area contributed by atoms with Crippen LogP contribution < -0.4 is 5.32 Å².